The Morgan fingerprint density at radius 2 is 1.50 bits per heavy atom. The first kappa shape index (κ1) is 13.4. The first-order valence-electron chi connectivity index (χ1n) is 6.56. The van der Waals surface area contributed by atoms with Crippen molar-refractivity contribution in [2.45, 2.75) is 64.6 Å². The van der Waals surface area contributed by atoms with Crippen molar-refractivity contribution in [3.05, 3.63) is 0 Å². The zero-order valence-corrected chi connectivity index (χ0v) is 11.2. The van der Waals surface area contributed by atoms with Crippen LogP contribution in [0.25, 0.3) is 0 Å². The second-order valence-electron chi connectivity index (χ2n) is 6.02. The van der Waals surface area contributed by atoms with Crippen molar-refractivity contribution >= 4 is 17.3 Å². The summed E-state index contributed by atoms with van der Waals surface area (Å²) in [4.78, 5) is 36.3. The first-order valence-corrected chi connectivity index (χ1v) is 6.56. The van der Waals surface area contributed by atoms with Crippen LogP contribution in [-0.2, 0) is 19.1 Å². The summed E-state index contributed by atoms with van der Waals surface area (Å²) in [6.45, 7) is 5.27. The molecule has 0 aromatic heterocycles. The maximum absolute atomic E-state index is 12.2. The van der Waals surface area contributed by atoms with Gasteiger partial charge in [-0.2, -0.15) is 0 Å². The predicted molar refractivity (Wildman–Crippen MR) is 65.2 cm³/mol. The van der Waals surface area contributed by atoms with Gasteiger partial charge in [0.15, 0.2) is 17.2 Å². The van der Waals surface area contributed by atoms with E-state index < -0.39 is 11.0 Å². The normalized spacial score (nSPS) is 36.8. The fourth-order valence-electron chi connectivity index (χ4n) is 2.79. The molecular weight excluding hydrogens is 232 g/mol. The number of ether oxygens (including phenoxy) is 1. The summed E-state index contributed by atoms with van der Waals surface area (Å²) in [5.74, 6) is -0.199. The number of fused-ring (bicyclic) bond motifs is 2. The number of ketones is 3. The van der Waals surface area contributed by atoms with Crippen LogP contribution in [0.2, 0.25) is 0 Å². The van der Waals surface area contributed by atoms with E-state index in [4.69, 9.17) is 4.74 Å². The number of hydrogen-bond donors (Lipinski definition) is 0. The molecule has 0 aromatic carbocycles. The van der Waals surface area contributed by atoms with Crippen LogP contribution >= 0.6 is 0 Å². The first-order chi connectivity index (χ1) is 8.28. The summed E-state index contributed by atoms with van der Waals surface area (Å²) in [7, 11) is 0. The largest absolute Gasteiger partial charge is 0.355 e. The Kier molecular flexibility index (Phi) is 3.18. The molecule has 0 saturated carbocycles. The molecule has 0 unspecified atom stereocenters. The zero-order chi connectivity index (χ0) is 13.6. The average Bonchev–Trinajstić information content (AvgIpc) is 2.33. The molecule has 2 aliphatic rings. The van der Waals surface area contributed by atoms with E-state index in [1.807, 2.05) is 13.8 Å². The lowest BCUT2D eigenvalue weighted by Crippen LogP contribution is -2.55. The van der Waals surface area contributed by atoms with E-state index in [1.54, 1.807) is 6.92 Å². The van der Waals surface area contributed by atoms with Crippen LogP contribution in [0.3, 0.4) is 0 Å². The lowest BCUT2D eigenvalue weighted by atomic mass is 9.76. The highest BCUT2D eigenvalue weighted by molar-refractivity contribution is 6.10. The molecule has 0 N–H and O–H groups in total. The molecule has 0 radical (unpaired) electrons. The number of rotatable bonds is 0. The van der Waals surface area contributed by atoms with Crippen molar-refractivity contribution in [1.82, 2.24) is 0 Å². The van der Waals surface area contributed by atoms with Crippen molar-refractivity contribution in [2.75, 3.05) is 0 Å². The molecule has 0 aliphatic carbocycles. The Bertz CT molecular complexity index is 410. The van der Waals surface area contributed by atoms with Gasteiger partial charge >= 0.3 is 0 Å². The fraction of sp³-hybridized carbons (Fsp3) is 0.786. The second kappa shape index (κ2) is 4.26. The molecule has 0 aromatic rings. The lowest BCUT2D eigenvalue weighted by molar-refractivity contribution is -0.183. The smallest absolute Gasteiger partial charge is 0.181 e. The van der Waals surface area contributed by atoms with Gasteiger partial charge in [0.25, 0.3) is 0 Å². The molecule has 0 amide bonds. The molecule has 100 valence electrons. The third kappa shape index (κ3) is 1.92. The Labute approximate surface area is 107 Å². The van der Waals surface area contributed by atoms with Gasteiger partial charge in [0.1, 0.15) is 5.78 Å². The minimum Gasteiger partial charge on any atom is -0.355 e. The van der Waals surface area contributed by atoms with Crippen LogP contribution in [-0.4, -0.2) is 29.1 Å². The van der Waals surface area contributed by atoms with Gasteiger partial charge in [-0.15, -0.1) is 0 Å². The van der Waals surface area contributed by atoms with Crippen LogP contribution in [0.1, 0.15) is 52.9 Å². The highest BCUT2D eigenvalue weighted by atomic mass is 16.5. The van der Waals surface area contributed by atoms with E-state index in [2.05, 4.69) is 0 Å². The van der Waals surface area contributed by atoms with E-state index in [0.29, 0.717) is 25.7 Å². The van der Waals surface area contributed by atoms with Gasteiger partial charge < -0.3 is 4.74 Å². The summed E-state index contributed by atoms with van der Waals surface area (Å²) in [5.41, 5.74) is -1.95. The van der Waals surface area contributed by atoms with E-state index in [1.165, 1.54) is 0 Å². The fourth-order valence-corrected chi connectivity index (χ4v) is 2.79. The molecular formula is C14H20O4. The van der Waals surface area contributed by atoms with E-state index >= 15 is 0 Å². The number of carbonyl (C=O) groups excluding carboxylic acids is 3. The molecule has 2 rings (SSSR count). The topological polar surface area (TPSA) is 60.4 Å². The molecule has 2 bridgehead atoms. The van der Waals surface area contributed by atoms with Gasteiger partial charge in [0.2, 0.25) is 0 Å². The van der Waals surface area contributed by atoms with Crippen molar-refractivity contribution in [3.63, 3.8) is 0 Å². The molecule has 4 nitrogen and oxygen atoms in total. The molecule has 4 heteroatoms. The summed E-state index contributed by atoms with van der Waals surface area (Å²) in [6.07, 6.45) is 1.67. The highest BCUT2D eigenvalue weighted by Crippen LogP contribution is 2.39. The number of carbonyl (C=O) groups is 3. The molecule has 2 fully saturated rings. The van der Waals surface area contributed by atoms with Gasteiger partial charge in [-0.05, 0) is 19.8 Å². The van der Waals surface area contributed by atoms with Crippen LogP contribution in [0.5, 0.6) is 0 Å². The third-order valence-corrected chi connectivity index (χ3v) is 4.41. The van der Waals surface area contributed by atoms with Crippen LogP contribution in [0, 0.1) is 5.41 Å². The Morgan fingerprint density at radius 3 is 2.17 bits per heavy atom. The van der Waals surface area contributed by atoms with Gasteiger partial charge in [-0.25, -0.2) is 0 Å². The average molecular weight is 252 g/mol. The van der Waals surface area contributed by atoms with Gasteiger partial charge in [-0.1, -0.05) is 13.8 Å². The minimum absolute atomic E-state index is 0.124. The molecule has 2 saturated heterocycles. The van der Waals surface area contributed by atoms with Gasteiger partial charge in [0.05, 0.1) is 6.10 Å². The van der Waals surface area contributed by atoms with E-state index in [-0.39, 0.29) is 29.9 Å². The van der Waals surface area contributed by atoms with Crippen LogP contribution < -0.4 is 0 Å². The van der Waals surface area contributed by atoms with Crippen molar-refractivity contribution < 1.29 is 19.1 Å². The Hall–Kier alpha value is -1.03. The third-order valence-electron chi connectivity index (χ3n) is 4.41. The zero-order valence-electron chi connectivity index (χ0n) is 11.2. The molecule has 0 spiro atoms. The maximum atomic E-state index is 12.2. The Morgan fingerprint density at radius 1 is 0.944 bits per heavy atom. The van der Waals surface area contributed by atoms with Crippen molar-refractivity contribution in [3.8, 4) is 0 Å². The highest BCUT2D eigenvalue weighted by Gasteiger charge is 2.51. The van der Waals surface area contributed by atoms with Crippen molar-refractivity contribution in [1.29, 1.82) is 0 Å². The molecule has 2 aliphatic heterocycles. The number of Topliss-reactive ketones (excluding diaryl/α,β-unsaturated/α-hetero) is 3. The van der Waals surface area contributed by atoms with E-state index in [9.17, 15) is 14.4 Å². The summed E-state index contributed by atoms with van der Waals surface area (Å²) in [6, 6.07) is 0. The summed E-state index contributed by atoms with van der Waals surface area (Å²) < 4.78 is 5.79. The minimum atomic E-state index is -1.33. The Balaban J connectivity index is 2.40. The summed E-state index contributed by atoms with van der Waals surface area (Å²) in [5, 5.41) is 0. The molecule has 2 atom stereocenters. The maximum Gasteiger partial charge on any atom is 0.181 e. The second-order valence-corrected chi connectivity index (χ2v) is 6.02. The summed E-state index contributed by atoms with van der Waals surface area (Å²) >= 11 is 0. The molecule has 18 heavy (non-hydrogen) atoms. The monoisotopic (exact) mass is 252 g/mol. The van der Waals surface area contributed by atoms with Crippen molar-refractivity contribution in [2.24, 2.45) is 5.41 Å². The predicted octanol–water partition coefficient (Wildman–Crippen LogP) is 1.84. The SMILES string of the molecule is CC1(C)C(=O)CCCC(=O)[C@]2(C)O[C@H]1CCC2=O. The van der Waals surface area contributed by atoms with Gasteiger partial charge in [-0.3, -0.25) is 14.4 Å². The van der Waals surface area contributed by atoms with E-state index in [0.717, 1.165) is 0 Å². The molecule has 2 heterocycles. The standard InChI is InChI=1S/C14H20O4/c1-13(2)9(15)5-4-6-10(16)14(3)11(17)7-8-12(13)18-14/h12H,4-8H2,1-3H3/t12-,14-/m0/s1. The quantitative estimate of drug-likeness (QED) is 0.617. The lowest BCUT2D eigenvalue weighted by Gasteiger charge is -2.41. The van der Waals surface area contributed by atoms with Crippen LogP contribution in [0.4, 0.5) is 0 Å². The van der Waals surface area contributed by atoms with Gasteiger partial charge in [0, 0.05) is 24.7 Å². The van der Waals surface area contributed by atoms with Crippen LogP contribution in [0.15, 0.2) is 0 Å². The number of hydrogen-bond acceptors (Lipinski definition) is 4.